The van der Waals surface area contributed by atoms with E-state index in [0.29, 0.717) is 53.5 Å². The maximum Gasteiger partial charge on any atom is 0.265 e. The maximum atomic E-state index is 13.4. The second kappa shape index (κ2) is 8.42. The molecule has 1 atom stereocenters. The molecule has 2 aromatic carbocycles. The van der Waals surface area contributed by atoms with Crippen molar-refractivity contribution >= 4 is 33.4 Å². The zero-order chi connectivity index (χ0) is 20.4. The first-order valence-corrected chi connectivity index (χ1v) is 10.2. The monoisotopic (exact) mass is 460 g/mol. The highest BCUT2D eigenvalue weighted by Gasteiger charge is 2.37. The highest BCUT2D eigenvalue weighted by atomic mass is 79.9. The van der Waals surface area contributed by atoms with Gasteiger partial charge in [0.25, 0.3) is 11.8 Å². The minimum Gasteiger partial charge on any atom is -0.497 e. The van der Waals surface area contributed by atoms with Crippen LogP contribution in [0.4, 0.5) is 5.69 Å². The van der Waals surface area contributed by atoms with Gasteiger partial charge in [-0.05, 0) is 46.3 Å². The Morgan fingerprint density at radius 3 is 2.66 bits per heavy atom. The molecule has 4 rings (SSSR count). The van der Waals surface area contributed by atoms with Gasteiger partial charge in [0.2, 0.25) is 0 Å². The van der Waals surface area contributed by atoms with Crippen molar-refractivity contribution in [3.8, 4) is 11.5 Å². The quantitative estimate of drug-likeness (QED) is 0.704. The second-order valence-electron chi connectivity index (χ2n) is 6.77. The fourth-order valence-corrected chi connectivity index (χ4v) is 3.90. The van der Waals surface area contributed by atoms with Crippen LogP contribution in [0.25, 0.3) is 0 Å². The van der Waals surface area contributed by atoms with E-state index in [0.717, 1.165) is 0 Å². The van der Waals surface area contributed by atoms with Crippen LogP contribution in [-0.2, 0) is 9.53 Å². The van der Waals surface area contributed by atoms with E-state index in [4.69, 9.17) is 14.2 Å². The van der Waals surface area contributed by atoms with Gasteiger partial charge < -0.3 is 24.0 Å². The number of carbonyl (C=O) groups is 2. The molecule has 8 heteroatoms. The molecule has 0 N–H and O–H groups in total. The van der Waals surface area contributed by atoms with Gasteiger partial charge in [-0.25, -0.2) is 0 Å². The number of amides is 2. The summed E-state index contributed by atoms with van der Waals surface area (Å²) in [5, 5.41) is 0. The van der Waals surface area contributed by atoms with Gasteiger partial charge in [-0.1, -0.05) is 12.1 Å². The van der Waals surface area contributed by atoms with Gasteiger partial charge in [-0.15, -0.1) is 0 Å². The summed E-state index contributed by atoms with van der Waals surface area (Å²) in [5.74, 6) is 0.730. The number of fused-ring (bicyclic) bond motifs is 1. The zero-order valence-corrected chi connectivity index (χ0v) is 17.6. The Hall–Kier alpha value is -2.58. The third-order valence-corrected chi connectivity index (χ3v) is 5.71. The Bertz CT molecular complexity index is 929. The lowest BCUT2D eigenvalue weighted by molar-refractivity contribution is -0.142. The Morgan fingerprint density at radius 1 is 1.14 bits per heavy atom. The van der Waals surface area contributed by atoms with Crippen LogP contribution in [0.3, 0.4) is 0 Å². The van der Waals surface area contributed by atoms with Crippen LogP contribution < -0.4 is 14.4 Å². The van der Waals surface area contributed by atoms with Gasteiger partial charge in [0.1, 0.15) is 11.5 Å². The number of benzene rings is 2. The van der Waals surface area contributed by atoms with Crippen molar-refractivity contribution in [2.75, 3.05) is 44.9 Å². The molecule has 1 saturated heterocycles. The van der Waals surface area contributed by atoms with Crippen molar-refractivity contribution in [3.05, 3.63) is 52.5 Å². The van der Waals surface area contributed by atoms with Crippen LogP contribution >= 0.6 is 15.9 Å². The lowest BCUT2D eigenvalue weighted by Gasteiger charge is -2.37. The van der Waals surface area contributed by atoms with E-state index in [-0.39, 0.29) is 18.4 Å². The standard InChI is InChI=1S/C21H21BrN2O5/c1-27-14-6-7-16(22)15(12-14)20(25)24-13-19(21(26)23-8-10-28-11-9-23)29-18-5-3-2-4-17(18)24/h2-7,12,19H,8-11,13H2,1H3/t19-/m0/s1. The van der Waals surface area contributed by atoms with Gasteiger partial charge in [0.05, 0.1) is 38.1 Å². The Balaban J connectivity index is 1.66. The first-order chi connectivity index (χ1) is 14.1. The Kier molecular flexibility index (Phi) is 5.73. The molecular formula is C21H21BrN2O5. The van der Waals surface area contributed by atoms with Gasteiger partial charge in [0.15, 0.2) is 6.10 Å². The number of hydrogen-bond donors (Lipinski definition) is 0. The van der Waals surface area contributed by atoms with Crippen molar-refractivity contribution in [1.82, 2.24) is 4.90 Å². The third kappa shape index (κ3) is 3.95. The molecule has 0 saturated carbocycles. The topological polar surface area (TPSA) is 68.3 Å². The lowest BCUT2D eigenvalue weighted by Crippen LogP contribution is -2.54. The molecule has 2 aliphatic rings. The molecule has 2 aliphatic heterocycles. The summed E-state index contributed by atoms with van der Waals surface area (Å²) in [6.45, 7) is 2.20. The third-order valence-electron chi connectivity index (χ3n) is 5.02. The number of halogens is 1. The molecule has 0 bridgehead atoms. The Labute approximate surface area is 177 Å². The number of hydrogen-bond acceptors (Lipinski definition) is 5. The van der Waals surface area contributed by atoms with E-state index in [1.54, 1.807) is 41.2 Å². The van der Waals surface area contributed by atoms with Crippen molar-refractivity contribution in [2.45, 2.75) is 6.10 Å². The number of nitrogens with zero attached hydrogens (tertiary/aromatic N) is 2. The fourth-order valence-electron chi connectivity index (χ4n) is 3.48. The largest absolute Gasteiger partial charge is 0.497 e. The van der Waals surface area contributed by atoms with E-state index < -0.39 is 6.10 Å². The first-order valence-electron chi connectivity index (χ1n) is 9.36. The number of methoxy groups -OCH3 is 1. The number of carbonyl (C=O) groups excluding carboxylic acids is 2. The summed E-state index contributed by atoms with van der Waals surface area (Å²) in [6, 6.07) is 12.5. The van der Waals surface area contributed by atoms with Crippen molar-refractivity contribution in [1.29, 1.82) is 0 Å². The van der Waals surface area contributed by atoms with Crippen LogP contribution in [0, 0.1) is 0 Å². The normalized spacial score (nSPS) is 18.6. The highest BCUT2D eigenvalue weighted by Crippen LogP contribution is 2.36. The highest BCUT2D eigenvalue weighted by molar-refractivity contribution is 9.10. The maximum absolute atomic E-state index is 13.4. The summed E-state index contributed by atoms with van der Waals surface area (Å²) in [4.78, 5) is 29.8. The molecule has 0 unspecified atom stereocenters. The molecular weight excluding hydrogens is 440 g/mol. The average molecular weight is 461 g/mol. The number of morpholine rings is 1. The lowest BCUT2D eigenvalue weighted by atomic mass is 10.1. The molecule has 0 aliphatic carbocycles. The van der Waals surface area contributed by atoms with Crippen molar-refractivity contribution in [2.24, 2.45) is 0 Å². The van der Waals surface area contributed by atoms with Crippen LogP contribution in [0.15, 0.2) is 46.9 Å². The summed E-state index contributed by atoms with van der Waals surface area (Å²) < 4.78 is 17.2. The molecule has 2 heterocycles. The molecule has 2 aromatic rings. The minimum absolute atomic E-state index is 0.134. The first kappa shape index (κ1) is 19.7. The molecule has 2 amide bonds. The predicted molar refractivity (Wildman–Crippen MR) is 111 cm³/mol. The molecule has 0 radical (unpaired) electrons. The predicted octanol–water partition coefficient (Wildman–Crippen LogP) is 2.72. The number of para-hydroxylation sites is 2. The van der Waals surface area contributed by atoms with Crippen LogP contribution in [-0.4, -0.2) is 62.8 Å². The summed E-state index contributed by atoms with van der Waals surface area (Å²) >= 11 is 3.45. The number of ether oxygens (including phenoxy) is 3. The average Bonchev–Trinajstić information content (AvgIpc) is 2.78. The van der Waals surface area contributed by atoms with Gasteiger partial charge in [-0.3, -0.25) is 9.59 Å². The molecule has 1 fully saturated rings. The second-order valence-corrected chi connectivity index (χ2v) is 7.63. The smallest absolute Gasteiger partial charge is 0.265 e. The molecule has 152 valence electrons. The zero-order valence-electron chi connectivity index (χ0n) is 16.0. The number of rotatable bonds is 3. The van der Waals surface area contributed by atoms with E-state index in [2.05, 4.69) is 15.9 Å². The summed E-state index contributed by atoms with van der Waals surface area (Å²) in [6.07, 6.45) is -0.767. The van der Waals surface area contributed by atoms with Gasteiger partial charge in [-0.2, -0.15) is 0 Å². The van der Waals surface area contributed by atoms with E-state index in [1.165, 1.54) is 0 Å². The van der Waals surface area contributed by atoms with E-state index >= 15 is 0 Å². The van der Waals surface area contributed by atoms with Crippen molar-refractivity contribution < 1.29 is 23.8 Å². The molecule has 0 spiro atoms. The van der Waals surface area contributed by atoms with Crippen LogP contribution in [0.2, 0.25) is 0 Å². The van der Waals surface area contributed by atoms with E-state index in [1.807, 2.05) is 18.2 Å². The minimum atomic E-state index is -0.767. The van der Waals surface area contributed by atoms with Crippen LogP contribution in [0.5, 0.6) is 11.5 Å². The molecule has 7 nitrogen and oxygen atoms in total. The molecule has 29 heavy (non-hydrogen) atoms. The fraction of sp³-hybridized carbons (Fsp3) is 0.333. The van der Waals surface area contributed by atoms with Crippen molar-refractivity contribution in [3.63, 3.8) is 0 Å². The van der Waals surface area contributed by atoms with E-state index in [9.17, 15) is 9.59 Å². The molecule has 0 aromatic heterocycles. The van der Waals surface area contributed by atoms with Crippen LogP contribution in [0.1, 0.15) is 10.4 Å². The summed E-state index contributed by atoms with van der Waals surface area (Å²) in [7, 11) is 1.55. The summed E-state index contributed by atoms with van der Waals surface area (Å²) in [5.41, 5.74) is 1.09. The van der Waals surface area contributed by atoms with Gasteiger partial charge >= 0.3 is 0 Å². The number of anilines is 1. The SMILES string of the molecule is COc1ccc(Br)c(C(=O)N2C[C@@H](C(=O)N3CCOCC3)Oc3ccccc32)c1. The Morgan fingerprint density at radius 2 is 1.90 bits per heavy atom. The van der Waals surface area contributed by atoms with Gasteiger partial charge in [0, 0.05) is 17.6 Å².